The number of aromatic hydroxyl groups is 1. The first-order chi connectivity index (χ1) is 22.8. The summed E-state index contributed by atoms with van der Waals surface area (Å²) in [6.07, 6.45) is 9.23. The fourth-order valence-electron chi connectivity index (χ4n) is 7.03. The summed E-state index contributed by atoms with van der Waals surface area (Å²) in [5.74, 6) is -0.0811. The molecule has 0 radical (unpaired) electrons. The SMILES string of the molecule is CC1CC(C(C)(C)C)=CC2=CO[P+](OC(=O)c3cc(C(C)(C)C)c(O)c(C(C)(C)C)c3)(C(C)(C)C)OC3C(C(C)(C)C)=CC(C(C)(C)C)=CC3=C21. The lowest BCUT2D eigenvalue weighted by molar-refractivity contribution is 0.0615. The summed E-state index contributed by atoms with van der Waals surface area (Å²) < 4.78 is 21.1. The smallest absolute Gasteiger partial charge is 0.507 e. The number of hydrogen-bond donors (Lipinski definition) is 1. The molecule has 2 aliphatic carbocycles. The number of carbonyl (C=O) groups is 1. The lowest BCUT2D eigenvalue weighted by Gasteiger charge is -2.42. The van der Waals surface area contributed by atoms with Crippen molar-refractivity contribution in [3.8, 4) is 5.75 Å². The molecule has 1 aromatic carbocycles. The maximum Gasteiger partial charge on any atom is 0.508 e. The minimum absolute atomic E-state index is 0.0177. The molecule has 0 fully saturated rings. The fraction of sp³-hybridized carbons (Fsp3) is 0.622. The molecule has 0 bridgehead atoms. The van der Waals surface area contributed by atoms with Crippen LogP contribution in [0, 0.1) is 22.2 Å². The first-order valence-electron chi connectivity index (χ1n) is 18.8. The quantitative estimate of drug-likeness (QED) is 0.308. The van der Waals surface area contributed by atoms with Crippen molar-refractivity contribution in [2.24, 2.45) is 22.2 Å². The number of carbonyl (C=O) groups excluding carboxylic acids is 1. The Morgan fingerprint density at radius 2 is 1.27 bits per heavy atom. The normalized spacial score (nSPS) is 23.8. The number of phenols is 1. The van der Waals surface area contributed by atoms with Gasteiger partial charge in [0.15, 0.2) is 17.5 Å². The summed E-state index contributed by atoms with van der Waals surface area (Å²) in [7, 11) is -3.51. The number of fused-ring (bicyclic) bond motifs is 2. The second-order valence-electron chi connectivity index (χ2n) is 21.2. The third kappa shape index (κ3) is 8.31. The summed E-state index contributed by atoms with van der Waals surface area (Å²) in [6, 6.07) is 3.55. The Hall–Kier alpha value is -2.62. The highest BCUT2D eigenvalue weighted by Gasteiger charge is 2.64. The van der Waals surface area contributed by atoms with Gasteiger partial charge in [0.25, 0.3) is 0 Å². The minimum atomic E-state index is -3.51. The van der Waals surface area contributed by atoms with Gasteiger partial charge in [-0.1, -0.05) is 135 Å². The third-order valence-electron chi connectivity index (χ3n) is 10.4. The zero-order valence-electron chi connectivity index (χ0n) is 35.4. The molecule has 0 amide bonds. The molecule has 1 heterocycles. The van der Waals surface area contributed by atoms with E-state index in [0.29, 0.717) is 16.7 Å². The summed E-state index contributed by atoms with van der Waals surface area (Å²) in [4.78, 5) is 14.7. The van der Waals surface area contributed by atoms with Gasteiger partial charge >= 0.3 is 13.9 Å². The molecule has 0 saturated heterocycles. The second kappa shape index (κ2) is 13.0. The van der Waals surface area contributed by atoms with Crippen LogP contribution in [-0.2, 0) is 24.4 Å². The fourth-order valence-corrected chi connectivity index (χ4v) is 9.15. The van der Waals surface area contributed by atoms with Gasteiger partial charge in [-0.15, -0.1) is 0 Å². The second-order valence-corrected chi connectivity index (χ2v) is 24.2. The largest absolute Gasteiger partial charge is 0.508 e. The monoisotopic (exact) mass is 719 g/mol. The van der Waals surface area contributed by atoms with Crippen LogP contribution in [0.3, 0.4) is 0 Å². The number of benzene rings is 1. The van der Waals surface area contributed by atoms with Crippen LogP contribution >= 0.6 is 7.94 Å². The van der Waals surface area contributed by atoms with Crippen LogP contribution in [0.2, 0.25) is 0 Å². The number of phenolic OH excluding ortho intramolecular Hbond substituents is 1. The van der Waals surface area contributed by atoms with Crippen molar-refractivity contribution in [3.05, 3.63) is 86.8 Å². The van der Waals surface area contributed by atoms with Crippen LogP contribution in [0.15, 0.2) is 70.1 Å². The third-order valence-corrected chi connectivity index (χ3v) is 13.3. The molecule has 3 unspecified atom stereocenters. The molecule has 282 valence electrons. The van der Waals surface area contributed by atoms with Crippen LogP contribution in [0.4, 0.5) is 0 Å². The van der Waals surface area contributed by atoms with Crippen molar-refractivity contribution < 1.29 is 23.5 Å². The Balaban J connectivity index is 2.04. The zero-order valence-corrected chi connectivity index (χ0v) is 36.2. The van der Waals surface area contributed by atoms with Gasteiger partial charge in [-0.2, -0.15) is 4.52 Å². The van der Waals surface area contributed by atoms with E-state index in [1.807, 2.05) is 68.6 Å². The average Bonchev–Trinajstić information content (AvgIpc) is 2.91. The Morgan fingerprint density at radius 3 is 1.71 bits per heavy atom. The van der Waals surface area contributed by atoms with Crippen molar-refractivity contribution >= 4 is 13.9 Å². The van der Waals surface area contributed by atoms with Crippen LogP contribution in [0.5, 0.6) is 5.75 Å². The standard InChI is InChI=1S/C45H67O5P/c1-27-20-30(40(2,3)4)21-29-26-48-51(45(17,18)19,49-38-32(36(27)29)24-31(41(5,6)7)25-35(38)44(14,15)16)50-39(47)28-22-33(42(8,9)10)37(46)34(23-28)43(11,12)13/h21-27,38H,20H2,1-19H3/p+1. The van der Waals surface area contributed by atoms with E-state index < -0.39 is 36.0 Å². The van der Waals surface area contributed by atoms with E-state index in [2.05, 4.69) is 87.5 Å². The van der Waals surface area contributed by atoms with Crippen LogP contribution in [0.1, 0.15) is 159 Å². The van der Waals surface area contributed by atoms with Crippen LogP contribution < -0.4 is 0 Å². The van der Waals surface area contributed by atoms with E-state index in [4.69, 9.17) is 13.6 Å². The molecule has 3 aliphatic rings. The van der Waals surface area contributed by atoms with E-state index in [1.54, 1.807) is 12.1 Å². The van der Waals surface area contributed by atoms with Gasteiger partial charge in [0.05, 0.1) is 5.56 Å². The van der Waals surface area contributed by atoms with E-state index >= 15 is 0 Å². The highest BCUT2D eigenvalue weighted by molar-refractivity contribution is 7.63. The van der Waals surface area contributed by atoms with E-state index in [-0.39, 0.29) is 27.9 Å². The molecule has 6 heteroatoms. The van der Waals surface area contributed by atoms with Crippen molar-refractivity contribution in [3.63, 3.8) is 0 Å². The predicted molar refractivity (Wildman–Crippen MR) is 215 cm³/mol. The van der Waals surface area contributed by atoms with Gasteiger partial charge in [-0.25, -0.2) is 9.32 Å². The number of hydrogen-bond acceptors (Lipinski definition) is 5. The summed E-state index contributed by atoms with van der Waals surface area (Å²) in [5.41, 5.74) is 7.68. The molecule has 5 nitrogen and oxygen atoms in total. The van der Waals surface area contributed by atoms with Gasteiger partial charge in [-0.05, 0) is 94.6 Å². The maximum absolute atomic E-state index is 14.7. The maximum atomic E-state index is 14.7. The molecule has 0 aromatic heterocycles. The Bertz CT molecular complexity index is 1690. The highest BCUT2D eigenvalue weighted by atomic mass is 31.2. The Labute approximate surface area is 311 Å². The molecule has 1 aliphatic heterocycles. The summed E-state index contributed by atoms with van der Waals surface area (Å²) in [6.45, 7) is 40.9. The van der Waals surface area contributed by atoms with Gasteiger partial charge in [0, 0.05) is 16.7 Å². The average molecular weight is 720 g/mol. The predicted octanol–water partition coefficient (Wildman–Crippen LogP) is 13.3. The first-order valence-corrected chi connectivity index (χ1v) is 20.3. The molecule has 3 atom stereocenters. The Kier molecular flexibility index (Phi) is 10.5. The molecule has 0 spiro atoms. The molecular formula is C45H68O5P+. The zero-order chi connectivity index (χ0) is 39.1. The van der Waals surface area contributed by atoms with Crippen molar-refractivity contribution in [2.75, 3.05) is 0 Å². The first kappa shape index (κ1) is 41.1. The van der Waals surface area contributed by atoms with Gasteiger partial charge in [0.1, 0.15) is 5.75 Å². The highest BCUT2D eigenvalue weighted by Crippen LogP contribution is 2.74. The van der Waals surface area contributed by atoms with Crippen LogP contribution in [0.25, 0.3) is 0 Å². The van der Waals surface area contributed by atoms with Crippen molar-refractivity contribution in [1.29, 1.82) is 0 Å². The van der Waals surface area contributed by atoms with E-state index in [1.165, 1.54) is 16.7 Å². The van der Waals surface area contributed by atoms with E-state index in [9.17, 15) is 9.90 Å². The molecule has 4 rings (SSSR count). The number of allylic oxidation sites excluding steroid dienone is 6. The Morgan fingerprint density at radius 1 is 0.745 bits per heavy atom. The summed E-state index contributed by atoms with van der Waals surface area (Å²) in [5, 5.41) is 10.7. The van der Waals surface area contributed by atoms with E-state index in [0.717, 1.165) is 23.1 Å². The molecule has 0 saturated carbocycles. The van der Waals surface area contributed by atoms with Gasteiger partial charge < -0.3 is 5.11 Å². The van der Waals surface area contributed by atoms with Gasteiger partial charge in [0.2, 0.25) is 0 Å². The van der Waals surface area contributed by atoms with Crippen molar-refractivity contribution in [1.82, 2.24) is 0 Å². The van der Waals surface area contributed by atoms with Crippen molar-refractivity contribution in [2.45, 2.75) is 160 Å². The number of rotatable bonds is 2. The minimum Gasteiger partial charge on any atom is -0.507 e. The molecular weight excluding hydrogens is 651 g/mol. The molecule has 1 aromatic rings. The molecule has 1 N–H and O–H groups in total. The topological polar surface area (TPSA) is 65.0 Å². The molecule has 51 heavy (non-hydrogen) atoms. The van der Waals surface area contributed by atoms with Crippen LogP contribution in [-0.4, -0.2) is 22.3 Å². The van der Waals surface area contributed by atoms with Gasteiger partial charge in [-0.3, -0.25) is 4.52 Å². The summed E-state index contributed by atoms with van der Waals surface area (Å²) >= 11 is 0. The lowest BCUT2D eigenvalue weighted by atomic mass is 9.68. The lowest BCUT2D eigenvalue weighted by Crippen LogP contribution is -2.37.